The summed E-state index contributed by atoms with van der Waals surface area (Å²) in [5.74, 6) is 0.429. The van der Waals surface area contributed by atoms with E-state index in [-0.39, 0.29) is 0 Å². The van der Waals surface area contributed by atoms with Crippen molar-refractivity contribution < 1.29 is 13.2 Å². The van der Waals surface area contributed by atoms with Crippen LogP contribution in [-0.2, 0) is 13.0 Å². The molecule has 1 aromatic rings. The first-order valence-corrected chi connectivity index (χ1v) is 4.45. The molecule has 0 aliphatic carbocycles. The van der Waals surface area contributed by atoms with Crippen molar-refractivity contribution >= 4 is 0 Å². The Bertz CT molecular complexity index is 288. The predicted octanol–water partition coefficient (Wildman–Crippen LogP) is 2.64. The quantitative estimate of drug-likeness (QED) is 0.743. The first kappa shape index (κ1) is 11.1. The molecule has 0 aliphatic rings. The van der Waals surface area contributed by atoms with E-state index in [0.29, 0.717) is 5.92 Å². The number of halogens is 3. The van der Waals surface area contributed by atoms with Crippen LogP contribution in [0.1, 0.15) is 19.4 Å². The summed E-state index contributed by atoms with van der Waals surface area (Å²) < 4.78 is 36.8. The van der Waals surface area contributed by atoms with Crippen molar-refractivity contribution in [3.05, 3.63) is 18.0 Å². The van der Waals surface area contributed by atoms with Crippen LogP contribution in [0.15, 0.2) is 12.4 Å². The van der Waals surface area contributed by atoms with Gasteiger partial charge in [0.1, 0.15) is 6.54 Å². The molecule has 0 spiro atoms. The Morgan fingerprint density at radius 1 is 1.43 bits per heavy atom. The zero-order valence-corrected chi connectivity index (χ0v) is 8.17. The molecular weight excluding hydrogens is 193 g/mol. The highest BCUT2D eigenvalue weighted by Crippen LogP contribution is 2.17. The fourth-order valence-corrected chi connectivity index (χ4v) is 1.25. The lowest BCUT2D eigenvalue weighted by Crippen LogP contribution is -2.17. The average Bonchev–Trinajstić information content (AvgIpc) is 2.30. The lowest BCUT2D eigenvalue weighted by atomic mass is 10.1. The summed E-state index contributed by atoms with van der Waals surface area (Å²) in [6, 6.07) is 0. The van der Waals surface area contributed by atoms with E-state index in [4.69, 9.17) is 0 Å². The third-order valence-electron chi connectivity index (χ3n) is 1.67. The number of rotatable bonds is 3. The van der Waals surface area contributed by atoms with Gasteiger partial charge < -0.3 is 0 Å². The number of alkyl halides is 3. The number of aromatic nitrogens is 2. The van der Waals surface area contributed by atoms with Crippen molar-refractivity contribution in [1.82, 2.24) is 9.78 Å². The van der Waals surface area contributed by atoms with Gasteiger partial charge in [-0.15, -0.1) is 0 Å². The Morgan fingerprint density at radius 3 is 2.57 bits per heavy atom. The van der Waals surface area contributed by atoms with Gasteiger partial charge in [-0.25, -0.2) is 0 Å². The summed E-state index contributed by atoms with van der Waals surface area (Å²) in [4.78, 5) is 0. The van der Waals surface area contributed by atoms with Gasteiger partial charge in [0.2, 0.25) is 0 Å². The summed E-state index contributed by atoms with van der Waals surface area (Å²) >= 11 is 0. The highest BCUT2D eigenvalue weighted by Gasteiger charge is 2.28. The third kappa shape index (κ3) is 3.81. The smallest absolute Gasteiger partial charge is 0.263 e. The highest BCUT2D eigenvalue weighted by atomic mass is 19.4. The largest absolute Gasteiger partial charge is 0.408 e. The highest BCUT2D eigenvalue weighted by molar-refractivity contribution is 5.04. The second kappa shape index (κ2) is 4.02. The maximum absolute atomic E-state index is 12.0. The molecule has 80 valence electrons. The SMILES string of the molecule is CC(C)Cc1cnn(CC(F)(F)F)c1. The molecule has 0 atom stereocenters. The Hall–Kier alpha value is -1.00. The molecule has 1 rings (SSSR count). The van der Waals surface area contributed by atoms with E-state index in [1.807, 2.05) is 13.8 Å². The van der Waals surface area contributed by atoms with Crippen LogP contribution in [0.4, 0.5) is 13.2 Å². The Morgan fingerprint density at radius 2 is 2.07 bits per heavy atom. The van der Waals surface area contributed by atoms with Crippen molar-refractivity contribution in [2.45, 2.75) is 33.0 Å². The van der Waals surface area contributed by atoms with Gasteiger partial charge in [0, 0.05) is 6.20 Å². The van der Waals surface area contributed by atoms with Gasteiger partial charge in [-0.2, -0.15) is 18.3 Å². The van der Waals surface area contributed by atoms with Crippen LogP contribution in [0.2, 0.25) is 0 Å². The molecule has 0 saturated carbocycles. The van der Waals surface area contributed by atoms with Crippen molar-refractivity contribution in [2.75, 3.05) is 0 Å². The van der Waals surface area contributed by atoms with Crippen LogP contribution in [0, 0.1) is 5.92 Å². The van der Waals surface area contributed by atoms with Gasteiger partial charge in [-0.3, -0.25) is 4.68 Å². The maximum Gasteiger partial charge on any atom is 0.408 e. The Kier molecular flexibility index (Phi) is 3.18. The van der Waals surface area contributed by atoms with Crippen molar-refractivity contribution in [2.24, 2.45) is 5.92 Å². The van der Waals surface area contributed by atoms with Crippen molar-refractivity contribution in [3.8, 4) is 0 Å². The van der Waals surface area contributed by atoms with Gasteiger partial charge >= 0.3 is 6.18 Å². The van der Waals surface area contributed by atoms with E-state index in [0.717, 1.165) is 16.7 Å². The number of hydrogen-bond donors (Lipinski definition) is 0. The number of nitrogens with zero attached hydrogens (tertiary/aromatic N) is 2. The van der Waals surface area contributed by atoms with E-state index in [1.54, 1.807) is 0 Å². The molecule has 1 aromatic heterocycles. The standard InChI is InChI=1S/C9H13F3N2/c1-7(2)3-8-4-13-14(5-8)6-9(10,11)12/h4-5,7H,3,6H2,1-2H3. The molecule has 14 heavy (non-hydrogen) atoms. The summed E-state index contributed by atoms with van der Waals surface area (Å²) in [5, 5.41) is 3.65. The minimum atomic E-state index is -4.19. The minimum absolute atomic E-state index is 0.429. The molecule has 0 amide bonds. The molecule has 2 nitrogen and oxygen atoms in total. The number of hydrogen-bond acceptors (Lipinski definition) is 1. The van der Waals surface area contributed by atoms with Crippen LogP contribution in [0.3, 0.4) is 0 Å². The van der Waals surface area contributed by atoms with Crippen molar-refractivity contribution in [3.63, 3.8) is 0 Å². The summed E-state index contributed by atoms with van der Waals surface area (Å²) in [6.07, 6.45) is -0.488. The van der Waals surface area contributed by atoms with Crippen LogP contribution < -0.4 is 0 Å². The Balaban J connectivity index is 2.60. The molecule has 0 aromatic carbocycles. The minimum Gasteiger partial charge on any atom is -0.263 e. The predicted molar refractivity (Wildman–Crippen MR) is 46.8 cm³/mol. The molecule has 1 heterocycles. The van der Waals surface area contributed by atoms with Crippen LogP contribution in [0.25, 0.3) is 0 Å². The van der Waals surface area contributed by atoms with Crippen molar-refractivity contribution in [1.29, 1.82) is 0 Å². The van der Waals surface area contributed by atoms with Crippen LogP contribution >= 0.6 is 0 Å². The third-order valence-corrected chi connectivity index (χ3v) is 1.67. The fraction of sp³-hybridized carbons (Fsp3) is 0.667. The molecule has 0 aliphatic heterocycles. The van der Waals surface area contributed by atoms with E-state index in [2.05, 4.69) is 5.10 Å². The maximum atomic E-state index is 12.0. The first-order valence-electron chi connectivity index (χ1n) is 4.45. The summed E-state index contributed by atoms with van der Waals surface area (Å²) in [6.45, 7) is 3.02. The van der Waals surface area contributed by atoms with Crippen LogP contribution in [-0.4, -0.2) is 16.0 Å². The molecule has 0 unspecified atom stereocenters. The fourth-order valence-electron chi connectivity index (χ4n) is 1.25. The molecule has 0 saturated heterocycles. The zero-order chi connectivity index (χ0) is 10.8. The van der Waals surface area contributed by atoms with E-state index in [9.17, 15) is 13.2 Å². The molecule has 0 fully saturated rings. The topological polar surface area (TPSA) is 17.8 Å². The monoisotopic (exact) mass is 206 g/mol. The molecule has 0 radical (unpaired) electrons. The normalized spacial score (nSPS) is 12.4. The lowest BCUT2D eigenvalue weighted by molar-refractivity contribution is -0.142. The molecule has 0 bridgehead atoms. The molecule has 5 heteroatoms. The van der Waals surface area contributed by atoms with Gasteiger partial charge in [0.15, 0.2) is 0 Å². The van der Waals surface area contributed by atoms with E-state index < -0.39 is 12.7 Å². The second-order valence-electron chi connectivity index (χ2n) is 3.76. The summed E-state index contributed by atoms with van der Waals surface area (Å²) in [7, 11) is 0. The van der Waals surface area contributed by atoms with Gasteiger partial charge in [-0.05, 0) is 17.9 Å². The van der Waals surface area contributed by atoms with E-state index in [1.165, 1.54) is 12.4 Å². The average molecular weight is 206 g/mol. The molecule has 0 N–H and O–H groups in total. The van der Waals surface area contributed by atoms with Gasteiger partial charge in [0.05, 0.1) is 6.20 Å². The summed E-state index contributed by atoms with van der Waals surface area (Å²) in [5.41, 5.74) is 0.851. The second-order valence-corrected chi connectivity index (χ2v) is 3.76. The van der Waals surface area contributed by atoms with Gasteiger partial charge in [-0.1, -0.05) is 13.8 Å². The first-order chi connectivity index (χ1) is 6.37. The van der Waals surface area contributed by atoms with Gasteiger partial charge in [0.25, 0.3) is 0 Å². The zero-order valence-electron chi connectivity index (χ0n) is 8.17. The van der Waals surface area contributed by atoms with E-state index >= 15 is 0 Å². The molecular formula is C9H13F3N2. The lowest BCUT2D eigenvalue weighted by Gasteiger charge is -2.05. The van der Waals surface area contributed by atoms with Crippen LogP contribution in [0.5, 0.6) is 0 Å². The Labute approximate surface area is 80.7 Å².